The van der Waals surface area contributed by atoms with Crippen molar-refractivity contribution in [1.29, 1.82) is 0 Å². The van der Waals surface area contributed by atoms with Gasteiger partial charge < -0.3 is 10.1 Å². The fourth-order valence-electron chi connectivity index (χ4n) is 3.43. The molecule has 0 fully saturated rings. The molecule has 33 heavy (non-hydrogen) atoms. The number of halogens is 1. The number of benzene rings is 3. The largest absolute Gasteiger partial charge is 0.495 e. The van der Waals surface area contributed by atoms with Gasteiger partial charge >= 0.3 is 0 Å². The minimum atomic E-state index is -3.92. The monoisotopic (exact) mass is 486 g/mol. The van der Waals surface area contributed by atoms with Gasteiger partial charge in [0.2, 0.25) is 15.9 Å². The molecule has 0 heterocycles. The van der Waals surface area contributed by atoms with E-state index in [0.717, 1.165) is 11.1 Å². The first-order valence-electron chi connectivity index (χ1n) is 10.5. The molecule has 3 aromatic rings. The molecule has 174 valence electrons. The van der Waals surface area contributed by atoms with Crippen molar-refractivity contribution in [1.82, 2.24) is 4.31 Å². The molecule has 0 atom stereocenters. The highest BCUT2D eigenvalue weighted by Gasteiger charge is 2.28. The van der Waals surface area contributed by atoms with E-state index in [2.05, 4.69) is 5.32 Å². The average molecular weight is 487 g/mol. The van der Waals surface area contributed by atoms with Crippen LogP contribution in [-0.4, -0.2) is 38.8 Å². The number of carbonyl (C=O) groups is 1. The van der Waals surface area contributed by atoms with Crippen LogP contribution in [0.15, 0.2) is 71.6 Å². The first-order valence-corrected chi connectivity index (χ1v) is 12.3. The van der Waals surface area contributed by atoms with Gasteiger partial charge in [-0.1, -0.05) is 54.1 Å². The summed E-state index contributed by atoms with van der Waals surface area (Å²) in [6.45, 7) is 3.39. The van der Waals surface area contributed by atoms with Crippen LogP contribution in [0, 0.1) is 13.8 Å². The van der Waals surface area contributed by atoms with Crippen LogP contribution in [0.4, 0.5) is 5.69 Å². The predicted octanol–water partition coefficient (Wildman–Crippen LogP) is 4.84. The third kappa shape index (κ3) is 6.35. The van der Waals surface area contributed by atoms with E-state index in [0.29, 0.717) is 28.4 Å². The number of nitrogens with zero attached hydrogens (tertiary/aromatic N) is 1. The summed E-state index contributed by atoms with van der Waals surface area (Å²) in [7, 11) is -2.44. The molecule has 0 radical (unpaired) electrons. The van der Waals surface area contributed by atoms with E-state index in [-0.39, 0.29) is 18.0 Å². The molecule has 0 aliphatic carbocycles. The number of sulfonamides is 1. The van der Waals surface area contributed by atoms with Gasteiger partial charge in [-0.15, -0.1) is 0 Å². The summed E-state index contributed by atoms with van der Waals surface area (Å²) in [4.78, 5) is 13.1. The van der Waals surface area contributed by atoms with E-state index in [4.69, 9.17) is 16.3 Å². The maximum atomic E-state index is 13.6. The van der Waals surface area contributed by atoms with Crippen molar-refractivity contribution in [3.8, 4) is 5.75 Å². The van der Waals surface area contributed by atoms with Gasteiger partial charge in [-0.2, -0.15) is 4.31 Å². The minimum Gasteiger partial charge on any atom is -0.495 e. The molecule has 0 aromatic heterocycles. The smallest absolute Gasteiger partial charge is 0.243 e. The Morgan fingerprint density at radius 1 is 1.03 bits per heavy atom. The van der Waals surface area contributed by atoms with Crippen molar-refractivity contribution < 1.29 is 17.9 Å². The van der Waals surface area contributed by atoms with Crippen LogP contribution < -0.4 is 10.1 Å². The summed E-state index contributed by atoms with van der Waals surface area (Å²) in [6, 6.07) is 19.7. The van der Waals surface area contributed by atoms with Gasteiger partial charge in [0.05, 0.1) is 24.2 Å². The molecule has 6 nitrogen and oxygen atoms in total. The van der Waals surface area contributed by atoms with E-state index < -0.39 is 15.9 Å². The Hall–Kier alpha value is -2.87. The van der Waals surface area contributed by atoms with E-state index in [1.807, 2.05) is 43.3 Å². The van der Waals surface area contributed by atoms with E-state index in [1.165, 1.54) is 11.4 Å². The van der Waals surface area contributed by atoms with Crippen LogP contribution in [0.5, 0.6) is 5.75 Å². The number of amides is 1. The second-order valence-electron chi connectivity index (χ2n) is 7.74. The molecule has 0 saturated carbocycles. The summed E-state index contributed by atoms with van der Waals surface area (Å²) in [5.74, 6) is -0.0570. The number of hydrogen-bond acceptors (Lipinski definition) is 4. The van der Waals surface area contributed by atoms with Crippen LogP contribution in [0.3, 0.4) is 0 Å². The zero-order chi connectivity index (χ0) is 24.0. The lowest BCUT2D eigenvalue weighted by Crippen LogP contribution is -2.39. The van der Waals surface area contributed by atoms with Crippen LogP contribution in [0.2, 0.25) is 5.02 Å². The summed E-state index contributed by atoms with van der Waals surface area (Å²) in [5.41, 5.74) is 2.82. The number of anilines is 1. The maximum absolute atomic E-state index is 13.6. The lowest BCUT2D eigenvalue weighted by Gasteiger charge is -2.23. The first-order chi connectivity index (χ1) is 15.7. The standard InChI is InChI=1S/C25H27ClN2O4S/c1-18-9-10-19(2)24(15-18)33(30,31)28(14-13-20-7-5-4-6-8-20)17-25(29)27-22-16-21(26)11-12-23(22)32-3/h4-12,15-16H,13-14,17H2,1-3H3,(H,27,29). The third-order valence-corrected chi connectivity index (χ3v) is 7.43. The van der Waals surface area contributed by atoms with Crippen LogP contribution in [-0.2, 0) is 21.2 Å². The van der Waals surface area contributed by atoms with Crippen molar-refractivity contribution in [2.24, 2.45) is 0 Å². The molecule has 3 aromatic carbocycles. The summed E-state index contributed by atoms with van der Waals surface area (Å²) in [5, 5.41) is 3.15. The highest BCUT2D eigenvalue weighted by molar-refractivity contribution is 7.89. The van der Waals surface area contributed by atoms with Crippen molar-refractivity contribution >= 4 is 33.2 Å². The molecular weight excluding hydrogens is 460 g/mol. The molecule has 0 aliphatic rings. The van der Waals surface area contributed by atoms with Gasteiger partial charge in [-0.25, -0.2) is 8.42 Å². The lowest BCUT2D eigenvalue weighted by molar-refractivity contribution is -0.116. The zero-order valence-corrected chi connectivity index (χ0v) is 20.4. The SMILES string of the molecule is COc1ccc(Cl)cc1NC(=O)CN(CCc1ccccc1)S(=O)(=O)c1cc(C)ccc1C. The van der Waals surface area contributed by atoms with Crippen molar-refractivity contribution in [3.05, 3.63) is 88.4 Å². The van der Waals surface area contributed by atoms with Gasteiger partial charge in [-0.05, 0) is 61.2 Å². The molecule has 8 heteroatoms. The van der Waals surface area contributed by atoms with Crippen molar-refractivity contribution in [2.75, 3.05) is 25.5 Å². The molecule has 0 aliphatic heterocycles. The Bertz CT molecular complexity index is 1230. The quantitative estimate of drug-likeness (QED) is 0.469. The average Bonchev–Trinajstić information content (AvgIpc) is 2.79. The maximum Gasteiger partial charge on any atom is 0.243 e. The van der Waals surface area contributed by atoms with Crippen LogP contribution >= 0.6 is 11.6 Å². The van der Waals surface area contributed by atoms with E-state index in [9.17, 15) is 13.2 Å². The topological polar surface area (TPSA) is 75.7 Å². The minimum absolute atomic E-state index is 0.153. The highest BCUT2D eigenvalue weighted by atomic mass is 35.5. The Morgan fingerprint density at radius 2 is 1.76 bits per heavy atom. The van der Waals surface area contributed by atoms with Gasteiger partial charge in [0.15, 0.2) is 0 Å². The number of rotatable bonds is 9. The Kier molecular flexibility index (Phi) is 8.13. The fraction of sp³-hybridized carbons (Fsp3) is 0.240. The fourth-order valence-corrected chi connectivity index (χ4v) is 5.31. The van der Waals surface area contributed by atoms with Crippen molar-refractivity contribution in [3.63, 3.8) is 0 Å². The second kappa shape index (κ2) is 10.8. The Balaban J connectivity index is 1.89. The Morgan fingerprint density at radius 3 is 2.45 bits per heavy atom. The van der Waals surface area contributed by atoms with Gasteiger partial charge in [0.1, 0.15) is 5.75 Å². The Labute approximate surface area is 200 Å². The number of nitrogens with one attached hydrogen (secondary N) is 1. The second-order valence-corrected chi connectivity index (χ2v) is 10.1. The molecule has 1 amide bonds. The molecule has 0 spiro atoms. The normalized spacial score (nSPS) is 11.4. The van der Waals surface area contributed by atoms with Gasteiger partial charge in [0.25, 0.3) is 0 Å². The van der Waals surface area contributed by atoms with Gasteiger partial charge in [0, 0.05) is 11.6 Å². The van der Waals surface area contributed by atoms with Gasteiger partial charge in [-0.3, -0.25) is 4.79 Å². The molecule has 0 bridgehead atoms. The van der Waals surface area contributed by atoms with E-state index >= 15 is 0 Å². The zero-order valence-electron chi connectivity index (χ0n) is 18.8. The summed E-state index contributed by atoms with van der Waals surface area (Å²) < 4.78 is 33.7. The van der Waals surface area contributed by atoms with Crippen LogP contribution in [0.25, 0.3) is 0 Å². The summed E-state index contributed by atoms with van der Waals surface area (Å²) in [6.07, 6.45) is 0.471. The number of ether oxygens (including phenoxy) is 1. The summed E-state index contributed by atoms with van der Waals surface area (Å²) >= 11 is 6.05. The third-order valence-electron chi connectivity index (χ3n) is 5.21. The molecule has 0 unspecified atom stereocenters. The lowest BCUT2D eigenvalue weighted by atomic mass is 10.1. The first kappa shape index (κ1) is 24.8. The molecule has 1 N–H and O–H groups in total. The molecular formula is C25H27ClN2O4S. The predicted molar refractivity (Wildman–Crippen MR) is 131 cm³/mol. The molecule has 0 saturated heterocycles. The van der Waals surface area contributed by atoms with Crippen LogP contribution in [0.1, 0.15) is 16.7 Å². The number of methoxy groups -OCH3 is 1. The number of hydrogen-bond donors (Lipinski definition) is 1. The molecule has 3 rings (SSSR count). The highest BCUT2D eigenvalue weighted by Crippen LogP contribution is 2.28. The van der Waals surface area contributed by atoms with E-state index in [1.54, 1.807) is 37.3 Å². The number of aryl methyl sites for hydroxylation is 2. The van der Waals surface area contributed by atoms with Crippen molar-refractivity contribution in [2.45, 2.75) is 25.2 Å². The number of carbonyl (C=O) groups excluding carboxylic acids is 1.